The standard InChI is InChI=1S/C14H18FN3/c1-3-18-9-11(8-17-18)6-14(16)13-7-12(15)5-4-10(13)2/h4-5,7-9,14H,3,6,16H2,1-2H3. The average molecular weight is 247 g/mol. The number of hydrogen-bond donors (Lipinski definition) is 1. The van der Waals surface area contributed by atoms with Gasteiger partial charge in [0, 0.05) is 18.8 Å². The van der Waals surface area contributed by atoms with Gasteiger partial charge in [-0.1, -0.05) is 6.07 Å². The summed E-state index contributed by atoms with van der Waals surface area (Å²) >= 11 is 0. The van der Waals surface area contributed by atoms with E-state index in [1.807, 2.05) is 30.9 Å². The van der Waals surface area contributed by atoms with Crippen LogP contribution < -0.4 is 5.73 Å². The lowest BCUT2D eigenvalue weighted by Crippen LogP contribution is -2.14. The Morgan fingerprint density at radius 3 is 2.89 bits per heavy atom. The van der Waals surface area contributed by atoms with Crippen molar-refractivity contribution in [3.63, 3.8) is 0 Å². The van der Waals surface area contributed by atoms with E-state index in [2.05, 4.69) is 5.10 Å². The van der Waals surface area contributed by atoms with Crippen molar-refractivity contribution in [2.45, 2.75) is 32.9 Å². The van der Waals surface area contributed by atoms with E-state index in [4.69, 9.17) is 5.73 Å². The van der Waals surface area contributed by atoms with Crippen molar-refractivity contribution >= 4 is 0 Å². The summed E-state index contributed by atoms with van der Waals surface area (Å²) < 4.78 is 15.1. The van der Waals surface area contributed by atoms with Crippen LogP contribution in [-0.4, -0.2) is 9.78 Å². The molecule has 0 bridgehead atoms. The van der Waals surface area contributed by atoms with Crippen LogP contribution in [0.1, 0.15) is 29.7 Å². The molecule has 1 aromatic heterocycles. The third-order valence-corrected chi connectivity index (χ3v) is 3.11. The molecule has 4 heteroatoms. The maximum Gasteiger partial charge on any atom is 0.123 e. The van der Waals surface area contributed by atoms with Gasteiger partial charge >= 0.3 is 0 Å². The zero-order valence-electron chi connectivity index (χ0n) is 10.7. The second-order valence-electron chi connectivity index (χ2n) is 4.52. The molecule has 1 atom stereocenters. The summed E-state index contributed by atoms with van der Waals surface area (Å²) in [7, 11) is 0. The van der Waals surface area contributed by atoms with Crippen molar-refractivity contribution in [3.8, 4) is 0 Å². The van der Waals surface area contributed by atoms with E-state index in [9.17, 15) is 4.39 Å². The average Bonchev–Trinajstić information content (AvgIpc) is 2.80. The third-order valence-electron chi connectivity index (χ3n) is 3.11. The van der Waals surface area contributed by atoms with Crippen LogP contribution >= 0.6 is 0 Å². The fourth-order valence-corrected chi connectivity index (χ4v) is 2.06. The lowest BCUT2D eigenvalue weighted by atomic mass is 9.97. The molecule has 18 heavy (non-hydrogen) atoms. The molecule has 1 unspecified atom stereocenters. The molecule has 0 spiro atoms. The molecule has 0 aliphatic heterocycles. The van der Waals surface area contributed by atoms with Crippen LogP contribution in [0.2, 0.25) is 0 Å². The van der Waals surface area contributed by atoms with Crippen LogP contribution in [0.5, 0.6) is 0 Å². The lowest BCUT2D eigenvalue weighted by molar-refractivity contribution is 0.617. The molecule has 3 nitrogen and oxygen atoms in total. The molecule has 1 heterocycles. The van der Waals surface area contributed by atoms with Gasteiger partial charge in [-0.15, -0.1) is 0 Å². The molecule has 0 radical (unpaired) electrons. The summed E-state index contributed by atoms with van der Waals surface area (Å²) in [5, 5.41) is 4.21. The van der Waals surface area contributed by atoms with Crippen LogP contribution in [0.25, 0.3) is 0 Å². The number of benzene rings is 1. The highest BCUT2D eigenvalue weighted by Gasteiger charge is 2.12. The minimum Gasteiger partial charge on any atom is -0.324 e. The first-order chi connectivity index (χ1) is 8.60. The van der Waals surface area contributed by atoms with E-state index >= 15 is 0 Å². The Hall–Kier alpha value is -1.68. The number of nitrogens with zero attached hydrogens (tertiary/aromatic N) is 2. The van der Waals surface area contributed by atoms with Crippen molar-refractivity contribution in [2.24, 2.45) is 5.73 Å². The van der Waals surface area contributed by atoms with Gasteiger partial charge in [-0.25, -0.2) is 4.39 Å². The Kier molecular flexibility index (Phi) is 3.77. The number of nitrogens with two attached hydrogens (primary N) is 1. The highest BCUT2D eigenvalue weighted by Crippen LogP contribution is 2.20. The monoisotopic (exact) mass is 247 g/mol. The van der Waals surface area contributed by atoms with E-state index in [0.717, 1.165) is 23.2 Å². The summed E-state index contributed by atoms with van der Waals surface area (Å²) in [4.78, 5) is 0. The van der Waals surface area contributed by atoms with Gasteiger partial charge < -0.3 is 5.73 Å². The summed E-state index contributed by atoms with van der Waals surface area (Å²) in [5.41, 5.74) is 9.10. The highest BCUT2D eigenvalue weighted by molar-refractivity contribution is 5.30. The molecule has 0 amide bonds. The maximum absolute atomic E-state index is 13.2. The van der Waals surface area contributed by atoms with Gasteiger partial charge in [0.15, 0.2) is 0 Å². The van der Waals surface area contributed by atoms with Crippen LogP contribution in [0, 0.1) is 12.7 Å². The summed E-state index contributed by atoms with van der Waals surface area (Å²) in [6.45, 7) is 4.83. The number of rotatable bonds is 4. The van der Waals surface area contributed by atoms with Crippen molar-refractivity contribution in [2.75, 3.05) is 0 Å². The molecule has 0 fully saturated rings. The molecule has 2 N–H and O–H groups in total. The Balaban J connectivity index is 2.16. The summed E-state index contributed by atoms with van der Waals surface area (Å²) in [5.74, 6) is -0.240. The van der Waals surface area contributed by atoms with Crippen molar-refractivity contribution < 1.29 is 4.39 Å². The molecule has 0 aliphatic carbocycles. The minimum atomic E-state index is -0.240. The topological polar surface area (TPSA) is 43.8 Å². The van der Waals surface area contributed by atoms with Crippen LogP contribution in [0.4, 0.5) is 4.39 Å². The molecular formula is C14H18FN3. The SMILES string of the molecule is CCn1cc(CC(N)c2cc(F)ccc2C)cn1. The van der Waals surface area contributed by atoms with Crippen molar-refractivity contribution in [1.29, 1.82) is 0 Å². The smallest absolute Gasteiger partial charge is 0.123 e. The Bertz CT molecular complexity index is 534. The Morgan fingerprint density at radius 2 is 2.22 bits per heavy atom. The zero-order chi connectivity index (χ0) is 13.1. The molecule has 0 aliphatic rings. The van der Waals surface area contributed by atoms with E-state index < -0.39 is 0 Å². The van der Waals surface area contributed by atoms with Gasteiger partial charge in [0.2, 0.25) is 0 Å². The second kappa shape index (κ2) is 5.31. The van der Waals surface area contributed by atoms with Gasteiger partial charge in [-0.05, 0) is 49.1 Å². The van der Waals surface area contributed by atoms with E-state index in [0.29, 0.717) is 6.42 Å². The van der Waals surface area contributed by atoms with E-state index in [1.165, 1.54) is 12.1 Å². The molecule has 2 rings (SSSR count). The molecule has 2 aromatic rings. The van der Waals surface area contributed by atoms with Gasteiger partial charge in [-0.2, -0.15) is 5.10 Å². The van der Waals surface area contributed by atoms with Crippen molar-refractivity contribution in [1.82, 2.24) is 9.78 Å². The van der Waals surface area contributed by atoms with Gasteiger partial charge in [0.05, 0.1) is 6.20 Å². The molecule has 0 saturated carbocycles. The van der Waals surface area contributed by atoms with Gasteiger partial charge in [0.1, 0.15) is 5.82 Å². The zero-order valence-corrected chi connectivity index (χ0v) is 10.7. The number of aromatic nitrogens is 2. The van der Waals surface area contributed by atoms with Crippen molar-refractivity contribution in [3.05, 3.63) is 53.1 Å². The third kappa shape index (κ3) is 2.76. The van der Waals surface area contributed by atoms with Crippen LogP contribution in [0.3, 0.4) is 0 Å². The number of aryl methyl sites for hydroxylation is 2. The first-order valence-corrected chi connectivity index (χ1v) is 6.13. The lowest BCUT2D eigenvalue weighted by Gasteiger charge is -2.13. The van der Waals surface area contributed by atoms with Gasteiger partial charge in [-0.3, -0.25) is 4.68 Å². The van der Waals surface area contributed by atoms with Gasteiger partial charge in [0.25, 0.3) is 0 Å². The Labute approximate surface area is 106 Å². The van der Waals surface area contributed by atoms with E-state index in [-0.39, 0.29) is 11.9 Å². The highest BCUT2D eigenvalue weighted by atomic mass is 19.1. The molecule has 96 valence electrons. The molecule has 1 aromatic carbocycles. The predicted molar refractivity (Wildman–Crippen MR) is 69.7 cm³/mol. The minimum absolute atomic E-state index is 0.199. The number of halogens is 1. The summed E-state index contributed by atoms with van der Waals surface area (Å²) in [6.07, 6.45) is 4.47. The summed E-state index contributed by atoms with van der Waals surface area (Å²) in [6, 6.07) is 4.54. The predicted octanol–water partition coefficient (Wildman–Crippen LogP) is 2.59. The molecule has 0 saturated heterocycles. The second-order valence-corrected chi connectivity index (χ2v) is 4.52. The first-order valence-electron chi connectivity index (χ1n) is 6.13. The first kappa shape index (κ1) is 12.8. The van der Waals surface area contributed by atoms with E-state index in [1.54, 1.807) is 6.07 Å². The normalized spacial score (nSPS) is 12.7. The molecular weight excluding hydrogens is 229 g/mol. The quantitative estimate of drug-likeness (QED) is 0.902. The number of hydrogen-bond acceptors (Lipinski definition) is 2. The fraction of sp³-hybridized carbons (Fsp3) is 0.357. The Morgan fingerprint density at radius 1 is 1.44 bits per heavy atom. The maximum atomic E-state index is 13.2. The largest absolute Gasteiger partial charge is 0.324 e. The van der Waals surface area contributed by atoms with Crippen LogP contribution in [-0.2, 0) is 13.0 Å². The van der Waals surface area contributed by atoms with Crippen LogP contribution in [0.15, 0.2) is 30.6 Å². The fourth-order valence-electron chi connectivity index (χ4n) is 2.06.